The molecule has 0 amide bonds. The molecule has 4 rings (SSSR count). The lowest BCUT2D eigenvalue weighted by molar-refractivity contribution is -0.760. The molecule has 1 fully saturated rings. The summed E-state index contributed by atoms with van der Waals surface area (Å²) >= 11 is 0. The fourth-order valence-corrected chi connectivity index (χ4v) is 3.62. The van der Waals surface area contributed by atoms with E-state index in [9.17, 15) is 5.11 Å². The second kappa shape index (κ2) is 6.63. The van der Waals surface area contributed by atoms with Crippen molar-refractivity contribution in [3.8, 4) is 0 Å². The minimum atomic E-state index is -0.0676. The van der Waals surface area contributed by atoms with Crippen molar-refractivity contribution in [1.82, 2.24) is 5.27 Å². The molecule has 1 saturated carbocycles. The molecule has 2 heterocycles. The van der Waals surface area contributed by atoms with Crippen LogP contribution in [-0.4, -0.2) is 17.7 Å². The lowest BCUT2D eigenvalue weighted by atomic mass is 9.89. The van der Waals surface area contributed by atoms with Gasteiger partial charge in [0.05, 0.1) is 11.3 Å². The van der Waals surface area contributed by atoms with Crippen LogP contribution in [0.5, 0.6) is 0 Å². The molecule has 1 aromatic carbocycles. The number of nitrogens with zero attached hydrogens (tertiary/aromatic N) is 4. The van der Waals surface area contributed by atoms with Crippen molar-refractivity contribution < 1.29 is 14.4 Å². The Morgan fingerprint density at radius 3 is 2.83 bits per heavy atom. The molecular weight excluding hydrogens is 304 g/mol. The second-order valence-electron chi connectivity index (χ2n) is 6.65. The van der Waals surface area contributed by atoms with Crippen LogP contribution in [0.4, 0.5) is 5.88 Å². The molecule has 0 saturated heterocycles. The van der Waals surface area contributed by atoms with E-state index in [0.717, 1.165) is 45.2 Å². The second-order valence-corrected chi connectivity index (χ2v) is 6.65. The van der Waals surface area contributed by atoms with Gasteiger partial charge in [-0.1, -0.05) is 43.5 Å². The van der Waals surface area contributed by atoms with Crippen molar-refractivity contribution in [2.45, 2.75) is 45.1 Å². The molecule has 0 N–H and O–H groups in total. The average Bonchev–Trinajstić information content (AvgIpc) is 3.10. The van der Waals surface area contributed by atoms with Crippen LogP contribution in [0.15, 0.2) is 40.0 Å². The molecule has 2 aliphatic rings. The summed E-state index contributed by atoms with van der Waals surface area (Å²) in [6.07, 6.45) is 8.03. The Labute approximate surface area is 141 Å². The van der Waals surface area contributed by atoms with E-state index in [1.54, 1.807) is 11.0 Å². The molecule has 0 bridgehead atoms. The van der Waals surface area contributed by atoms with Gasteiger partial charge in [-0.25, -0.2) is 4.99 Å². The van der Waals surface area contributed by atoms with E-state index >= 15 is 0 Å². The van der Waals surface area contributed by atoms with E-state index in [1.807, 2.05) is 0 Å². The maximum absolute atomic E-state index is 12.2. The molecule has 1 aromatic heterocycles. The Hall–Kier alpha value is -2.37. The lowest BCUT2D eigenvalue weighted by Crippen LogP contribution is -2.60. The van der Waals surface area contributed by atoms with Crippen molar-refractivity contribution in [2.75, 3.05) is 11.6 Å². The van der Waals surface area contributed by atoms with Crippen molar-refractivity contribution in [3.05, 3.63) is 41.6 Å². The number of fused-ring (bicyclic) bond motifs is 1. The number of benzene rings is 1. The number of rotatable bonds is 3. The van der Waals surface area contributed by atoms with Crippen molar-refractivity contribution >= 4 is 11.8 Å². The minimum absolute atomic E-state index is 0.0548. The summed E-state index contributed by atoms with van der Waals surface area (Å²) in [7, 11) is 0. The lowest BCUT2D eigenvalue weighted by Gasteiger charge is -2.25. The highest BCUT2D eigenvalue weighted by Crippen LogP contribution is 2.24. The standard InChI is InChI=1S/C18H22N4O2/c23-18(15-7-2-1-3-8-15)19-17-13-22(20-24-17)21-11-10-14-6-4-5-9-16(14)12-21/h4-6,9,13,15H,1-3,7-8,10-12H2. The first-order valence-electron chi connectivity index (χ1n) is 8.76. The van der Waals surface area contributed by atoms with Crippen LogP contribution >= 0.6 is 0 Å². The molecule has 0 atom stereocenters. The number of hydrogen-bond acceptors (Lipinski definition) is 5. The summed E-state index contributed by atoms with van der Waals surface area (Å²) in [4.78, 5) is 5.80. The largest absolute Gasteiger partial charge is 0.861 e. The zero-order valence-corrected chi connectivity index (χ0v) is 13.7. The van der Waals surface area contributed by atoms with Gasteiger partial charge >= 0.3 is 5.88 Å². The molecule has 2 aromatic rings. The topological polar surface area (TPSA) is 68.6 Å². The maximum Gasteiger partial charge on any atom is 0.324 e. The van der Waals surface area contributed by atoms with Gasteiger partial charge in [0.25, 0.3) is 6.20 Å². The molecule has 126 valence electrons. The molecule has 6 nitrogen and oxygen atoms in total. The molecule has 0 radical (unpaired) electrons. The van der Waals surface area contributed by atoms with Gasteiger partial charge in [0, 0.05) is 0 Å². The van der Waals surface area contributed by atoms with Gasteiger partial charge in [0.1, 0.15) is 6.54 Å². The summed E-state index contributed by atoms with van der Waals surface area (Å²) < 4.78 is 5.25. The van der Waals surface area contributed by atoms with Gasteiger partial charge in [0.15, 0.2) is 0 Å². The molecule has 0 unspecified atom stereocenters. The third kappa shape index (κ3) is 3.13. The predicted octanol–water partition coefficient (Wildman–Crippen LogP) is 1.63. The molecule has 6 heteroatoms. The van der Waals surface area contributed by atoms with Crippen LogP contribution in [0, 0.1) is 5.92 Å². The smallest absolute Gasteiger partial charge is 0.324 e. The quantitative estimate of drug-likeness (QED) is 0.488. The number of aromatic nitrogens is 2. The Morgan fingerprint density at radius 2 is 2.00 bits per heavy atom. The van der Waals surface area contributed by atoms with Gasteiger partial charge in [-0.3, -0.25) is 4.52 Å². The molecule has 1 aliphatic carbocycles. The van der Waals surface area contributed by atoms with Gasteiger partial charge in [-0.15, -0.1) is 5.01 Å². The van der Waals surface area contributed by atoms with Crippen LogP contribution in [0.2, 0.25) is 0 Å². The van der Waals surface area contributed by atoms with Gasteiger partial charge in [0.2, 0.25) is 5.27 Å². The van der Waals surface area contributed by atoms with Crippen LogP contribution in [0.1, 0.15) is 43.2 Å². The highest BCUT2D eigenvalue weighted by molar-refractivity contribution is 5.76. The van der Waals surface area contributed by atoms with Gasteiger partial charge in [-0.2, -0.15) is 0 Å². The normalized spacial score (nSPS) is 19.3. The Balaban J connectivity index is 1.47. The van der Waals surface area contributed by atoms with Gasteiger partial charge in [-0.05, 0) is 42.2 Å². The average molecular weight is 326 g/mol. The highest BCUT2D eigenvalue weighted by atomic mass is 16.5. The number of aliphatic imine (C=N–C) groups is 1. The first-order valence-corrected chi connectivity index (χ1v) is 8.76. The first-order chi connectivity index (χ1) is 11.8. The maximum atomic E-state index is 12.2. The summed E-state index contributed by atoms with van der Waals surface area (Å²) in [5.74, 6) is 0.283. The predicted molar refractivity (Wildman–Crippen MR) is 87.3 cm³/mol. The van der Waals surface area contributed by atoms with Crippen LogP contribution in [0.25, 0.3) is 0 Å². The summed E-state index contributed by atoms with van der Waals surface area (Å²) in [5, 5.41) is 18.4. The minimum Gasteiger partial charge on any atom is -0.861 e. The van der Waals surface area contributed by atoms with E-state index in [0.29, 0.717) is 5.88 Å². The van der Waals surface area contributed by atoms with E-state index in [2.05, 4.69) is 39.5 Å². The number of hydrogen-bond donors (Lipinski definition) is 0. The van der Waals surface area contributed by atoms with Crippen molar-refractivity contribution in [1.29, 1.82) is 0 Å². The van der Waals surface area contributed by atoms with E-state index in [4.69, 9.17) is 4.52 Å². The molecule has 24 heavy (non-hydrogen) atoms. The third-order valence-electron chi connectivity index (χ3n) is 5.02. The van der Waals surface area contributed by atoms with E-state index in [-0.39, 0.29) is 11.8 Å². The van der Waals surface area contributed by atoms with Crippen molar-refractivity contribution in [2.24, 2.45) is 10.9 Å². The zero-order chi connectivity index (χ0) is 16.4. The van der Waals surface area contributed by atoms with Crippen LogP contribution < -0.4 is 14.9 Å². The highest BCUT2D eigenvalue weighted by Gasteiger charge is 2.25. The summed E-state index contributed by atoms with van der Waals surface area (Å²) in [5.41, 5.74) is 2.69. The fraction of sp³-hybridized carbons (Fsp3) is 0.500. The Bertz CT molecular complexity index is 734. The monoisotopic (exact) mass is 326 g/mol. The third-order valence-corrected chi connectivity index (χ3v) is 5.02. The van der Waals surface area contributed by atoms with E-state index in [1.165, 1.54) is 17.5 Å². The summed E-state index contributed by atoms with van der Waals surface area (Å²) in [6, 6.07) is 8.44. The van der Waals surface area contributed by atoms with E-state index < -0.39 is 0 Å². The molecule has 0 spiro atoms. The van der Waals surface area contributed by atoms with Crippen LogP contribution in [0.3, 0.4) is 0 Å². The van der Waals surface area contributed by atoms with Crippen LogP contribution in [-0.2, 0) is 13.0 Å². The first kappa shape index (κ1) is 15.2. The zero-order valence-electron chi connectivity index (χ0n) is 13.7. The Kier molecular flexibility index (Phi) is 4.19. The van der Waals surface area contributed by atoms with Crippen molar-refractivity contribution in [3.63, 3.8) is 0 Å². The van der Waals surface area contributed by atoms with Gasteiger partial charge < -0.3 is 5.11 Å². The molecule has 1 aliphatic heterocycles. The fourth-order valence-electron chi connectivity index (χ4n) is 3.62. The Morgan fingerprint density at radius 1 is 1.21 bits per heavy atom. The summed E-state index contributed by atoms with van der Waals surface area (Å²) in [6.45, 7) is 1.65. The SMILES string of the molecule is [O-]/C(=N/c1c[n+](N2CCc3ccccc3C2)no1)C1CCCCC1. The molecular formula is C18H22N4O2.